The highest BCUT2D eigenvalue weighted by Crippen LogP contribution is 2.26. The Balaban J connectivity index is 2.20. The maximum absolute atomic E-state index is 9.35. The van der Waals surface area contributed by atoms with Crippen molar-refractivity contribution in [2.75, 3.05) is 0 Å². The molecule has 5 nitrogen and oxygen atoms in total. The lowest BCUT2D eigenvalue weighted by atomic mass is 10.2. The van der Waals surface area contributed by atoms with E-state index < -0.39 is 0 Å². The number of benzene rings is 1. The van der Waals surface area contributed by atoms with Gasteiger partial charge < -0.3 is 9.52 Å². The molecular weight excluding hydrogens is 266 g/mol. The van der Waals surface area contributed by atoms with Gasteiger partial charge in [-0.15, -0.1) is 5.10 Å². The van der Waals surface area contributed by atoms with Gasteiger partial charge in [0.25, 0.3) is 0 Å². The van der Waals surface area contributed by atoms with E-state index in [4.69, 9.17) is 16.0 Å². The molecule has 1 N–H and O–H groups in total. The van der Waals surface area contributed by atoms with Crippen molar-refractivity contribution in [3.05, 3.63) is 53.4 Å². The zero-order chi connectivity index (χ0) is 13.2. The normalized spacial score (nSPS) is 10.8. The second-order valence-electron chi connectivity index (χ2n) is 3.91. The van der Waals surface area contributed by atoms with Crippen LogP contribution >= 0.6 is 11.6 Å². The van der Waals surface area contributed by atoms with Gasteiger partial charge in [-0.3, -0.25) is 0 Å². The summed E-state index contributed by atoms with van der Waals surface area (Å²) in [5.74, 6) is 0.592. The monoisotopic (exact) mass is 275 g/mol. The number of halogens is 1. The smallest absolute Gasteiger partial charge is 0.154 e. The molecule has 96 valence electrons. The summed E-state index contributed by atoms with van der Waals surface area (Å²) in [4.78, 5) is 0. The molecule has 0 aliphatic heterocycles. The van der Waals surface area contributed by atoms with Gasteiger partial charge in [-0.05, 0) is 30.3 Å². The fourth-order valence-corrected chi connectivity index (χ4v) is 2.05. The summed E-state index contributed by atoms with van der Waals surface area (Å²) in [5.41, 5.74) is 1.83. The molecule has 0 radical (unpaired) electrons. The van der Waals surface area contributed by atoms with Gasteiger partial charge >= 0.3 is 0 Å². The number of aliphatic hydroxyl groups is 1. The van der Waals surface area contributed by atoms with E-state index >= 15 is 0 Å². The van der Waals surface area contributed by atoms with Gasteiger partial charge in [0.15, 0.2) is 5.76 Å². The summed E-state index contributed by atoms with van der Waals surface area (Å²) in [6, 6.07) is 10.8. The Hall–Kier alpha value is -2.11. The van der Waals surface area contributed by atoms with E-state index in [1.807, 2.05) is 12.1 Å². The first-order valence-electron chi connectivity index (χ1n) is 5.65. The number of aromatic nitrogens is 3. The van der Waals surface area contributed by atoms with Crippen LogP contribution in [-0.4, -0.2) is 20.1 Å². The maximum atomic E-state index is 9.35. The molecule has 0 atom stereocenters. The minimum absolute atomic E-state index is 0.212. The van der Waals surface area contributed by atoms with Crippen LogP contribution in [-0.2, 0) is 6.61 Å². The first-order chi connectivity index (χ1) is 9.29. The van der Waals surface area contributed by atoms with E-state index in [2.05, 4.69) is 10.3 Å². The van der Waals surface area contributed by atoms with Gasteiger partial charge in [0, 0.05) is 5.02 Å². The largest absolute Gasteiger partial charge is 0.463 e. The topological polar surface area (TPSA) is 64.1 Å². The lowest BCUT2D eigenvalue weighted by Gasteiger charge is -2.05. The highest BCUT2D eigenvalue weighted by molar-refractivity contribution is 6.30. The Morgan fingerprint density at radius 3 is 2.84 bits per heavy atom. The van der Waals surface area contributed by atoms with Gasteiger partial charge in [0.1, 0.15) is 11.4 Å². The van der Waals surface area contributed by atoms with Crippen molar-refractivity contribution in [1.82, 2.24) is 15.0 Å². The summed E-state index contributed by atoms with van der Waals surface area (Å²) in [7, 11) is 0. The lowest BCUT2D eigenvalue weighted by molar-refractivity contribution is 0.277. The second-order valence-corrected chi connectivity index (χ2v) is 4.35. The van der Waals surface area contributed by atoms with E-state index in [0.29, 0.717) is 22.2 Å². The summed E-state index contributed by atoms with van der Waals surface area (Å²) in [6.45, 7) is -0.212. The summed E-state index contributed by atoms with van der Waals surface area (Å²) >= 11 is 5.98. The van der Waals surface area contributed by atoms with Gasteiger partial charge in [-0.1, -0.05) is 22.9 Å². The highest BCUT2D eigenvalue weighted by Gasteiger charge is 2.17. The molecule has 0 aliphatic rings. The Morgan fingerprint density at radius 2 is 2.16 bits per heavy atom. The van der Waals surface area contributed by atoms with Gasteiger partial charge in [-0.2, -0.15) is 0 Å². The van der Waals surface area contributed by atoms with Crippen molar-refractivity contribution in [2.24, 2.45) is 0 Å². The first kappa shape index (κ1) is 12.0. The zero-order valence-electron chi connectivity index (χ0n) is 9.82. The maximum Gasteiger partial charge on any atom is 0.154 e. The van der Waals surface area contributed by atoms with E-state index in [1.54, 1.807) is 35.2 Å². The molecule has 19 heavy (non-hydrogen) atoms. The van der Waals surface area contributed by atoms with Crippen LogP contribution in [0.2, 0.25) is 5.02 Å². The zero-order valence-corrected chi connectivity index (χ0v) is 10.6. The number of furan rings is 1. The third-order valence-corrected chi connectivity index (χ3v) is 2.93. The molecule has 3 rings (SSSR count). The van der Waals surface area contributed by atoms with Crippen molar-refractivity contribution in [2.45, 2.75) is 6.61 Å². The molecule has 2 heterocycles. The minimum atomic E-state index is -0.212. The third-order valence-electron chi connectivity index (χ3n) is 2.70. The molecule has 3 aromatic rings. The lowest BCUT2D eigenvalue weighted by Crippen LogP contribution is -1.99. The molecule has 0 fully saturated rings. The van der Waals surface area contributed by atoms with E-state index in [1.165, 1.54) is 0 Å². The van der Waals surface area contributed by atoms with Crippen LogP contribution in [0.1, 0.15) is 5.69 Å². The molecule has 0 saturated carbocycles. The molecule has 0 bridgehead atoms. The molecule has 0 saturated heterocycles. The first-order valence-corrected chi connectivity index (χ1v) is 6.02. The SMILES string of the molecule is OCc1nnn(-c2cccc(Cl)c2)c1-c1ccco1. The highest BCUT2D eigenvalue weighted by atomic mass is 35.5. The predicted molar refractivity (Wildman–Crippen MR) is 70.0 cm³/mol. The van der Waals surface area contributed by atoms with Crippen molar-refractivity contribution in [1.29, 1.82) is 0 Å². The number of nitrogens with zero attached hydrogens (tertiary/aromatic N) is 3. The Morgan fingerprint density at radius 1 is 1.26 bits per heavy atom. The van der Waals surface area contributed by atoms with Crippen molar-refractivity contribution in [3.63, 3.8) is 0 Å². The van der Waals surface area contributed by atoms with Crippen LogP contribution in [0.3, 0.4) is 0 Å². The van der Waals surface area contributed by atoms with Crippen molar-refractivity contribution >= 4 is 11.6 Å². The molecule has 2 aromatic heterocycles. The van der Waals surface area contributed by atoms with Gasteiger partial charge in [0.2, 0.25) is 0 Å². The van der Waals surface area contributed by atoms with Crippen LogP contribution in [0, 0.1) is 0 Å². The molecule has 0 unspecified atom stereocenters. The Labute approximate surface area is 114 Å². The van der Waals surface area contributed by atoms with Crippen LogP contribution in [0.15, 0.2) is 47.1 Å². The van der Waals surface area contributed by atoms with Crippen LogP contribution in [0.4, 0.5) is 0 Å². The summed E-state index contributed by atoms with van der Waals surface area (Å²) in [5, 5.41) is 17.9. The van der Waals surface area contributed by atoms with E-state index in [-0.39, 0.29) is 6.61 Å². The van der Waals surface area contributed by atoms with E-state index in [9.17, 15) is 5.11 Å². The molecule has 0 amide bonds. The average molecular weight is 276 g/mol. The van der Waals surface area contributed by atoms with Gasteiger partial charge in [-0.25, -0.2) is 4.68 Å². The van der Waals surface area contributed by atoms with Crippen molar-refractivity contribution in [3.8, 4) is 17.1 Å². The van der Waals surface area contributed by atoms with Crippen LogP contribution in [0.25, 0.3) is 17.1 Å². The molecule has 0 aliphatic carbocycles. The van der Waals surface area contributed by atoms with Crippen LogP contribution in [0.5, 0.6) is 0 Å². The fraction of sp³-hybridized carbons (Fsp3) is 0.0769. The second kappa shape index (κ2) is 4.87. The molecule has 0 spiro atoms. The standard InChI is InChI=1S/C13H10ClN3O2/c14-9-3-1-4-10(7-9)17-13(11(8-18)15-16-17)12-5-2-6-19-12/h1-7,18H,8H2. The molecule has 6 heteroatoms. The summed E-state index contributed by atoms with van der Waals surface area (Å²) < 4.78 is 6.96. The molecule has 1 aromatic carbocycles. The number of hydrogen-bond acceptors (Lipinski definition) is 4. The predicted octanol–water partition coefficient (Wildman–Crippen LogP) is 2.67. The minimum Gasteiger partial charge on any atom is -0.463 e. The third kappa shape index (κ3) is 2.14. The Kier molecular flexibility index (Phi) is 3.06. The van der Waals surface area contributed by atoms with Crippen molar-refractivity contribution < 1.29 is 9.52 Å². The number of rotatable bonds is 3. The quantitative estimate of drug-likeness (QED) is 0.798. The average Bonchev–Trinajstić information content (AvgIpc) is 3.07. The summed E-state index contributed by atoms with van der Waals surface area (Å²) in [6.07, 6.45) is 1.56. The van der Waals surface area contributed by atoms with Gasteiger partial charge in [0.05, 0.1) is 18.6 Å². The van der Waals surface area contributed by atoms with E-state index in [0.717, 1.165) is 5.69 Å². The molecular formula is C13H10ClN3O2. The number of hydrogen-bond donors (Lipinski definition) is 1. The Bertz CT molecular complexity index is 692. The fourth-order valence-electron chi connectivity index (χ4n) is 1.87. The number of aliphatic hydroxyl groups excluding tert-OH is 1. The van der Waals surface area contributed by atoms with Crippen LogP contribution < -0.4 is 0 Å².